The van der Waals surface area contributed by atoms with E-state index in [1.807, 2.05) is 13.1 Å². The van der Waals surface area contributed by atoms with Crippen LogP contribution in [0.3, 0.4) is 0 Å². The lowest BCUT2D eigenvalue weighted by atomic mass is 9.84. The van der Waals surface area contributed by atoms with Crippen molar-refractivity contribution in [3.63, 3.8) is 0 Å². The molecule has 6 atom stereocenters. The lowest BCUT2D eigenvalue weighted by Gasteiger charge is -2.42. The Kier molecular flexibility index (Phi) is 12.6. The zero-order valence-corrected chi connectivity index (χ0v) is 34.2. The topological polar surface area (TPSA) is 44.8 Å². The molecule has 1 heterocycles. The largest absolute Gasteiger partial charge is 0.516 e. The fourth-order valence-corrected chi connectivity index (χ4v) is 12.5. The third kappa shape index (κ3) is 9.56. The zero-order chi connectivity index (χ0) is 38.8. The van der Waals surface area contributed by atoms with Crippen molar-refractivity contribution in [2.24, 2.45) is 40.9 Å². The van der Waals surface area contributed by atoms with Crippen molar-refractivity contribution < 1.29 is 40.3 Å². The molecule has 2 saturated carbocycles. The van der Waals surface area contributed by atoms with Gasteiger partial charge in [-0.15, -0.1) is 0 Å². The first-order valence-corrected chi connectivity index (χ1v) is 25.9. The molecule has 6 unspecified atom stereocenters. The van der Waals surface area contributed by atoms with E-state index >= 15 is 0 Å². The van der Waals surface area contributed by atoms with Gasteiger partial charge in [-0.1, -0.05) is 55.9 Å². The summed E-state index contributed by atoms with van der Waals surface area (Å²) in [7, 11) is -3.70. The number of ether oxygens (including phenoxy) is 1. The minimum Gasteiger partial charge on any atom is -0.516 e. The first-order valence-electron chi connectivity index (χ1n) is 19.7. The minimum absolute atomic E-state index is 0.330. The Hall–Kier alpha value is -2.87. The molecule has 54 heavy (non-hydrogen) atoms. The highest BCUT2D eigenvalue weighted by Gasteiger charge is 2.41. The average Bonchev–Trinajstić information content (AvgIpc) is 3.96. The van der Waals surface area contributed by atoms with Gasteiger partial charge in [-0.2, -0.15) is 0 Å². The van der Waals surface area contributed by atoms with Crippen LogP contribution >= 0.6 is 0 Å². The Balaban J connectivity index is 0.000000210. The molecule has 4 aliphatic carbocycles. The Bertz CT molecular complexity index is 1720. The van der Waals surface area contributed by atoms with Crippen LogP contribution in [-0.2, 0) is 13.6 Å². The van der Waals surface area contributed by atoms with Crippen LogP contribution in [0.5, 0.6) is 0 Å². The minimum atomic E-state index is -2.22. The molecule has 0 spiro atoms. The maximum Gasteiger partial charge on any atom is 0.324 e. The monoisotopic (exact) mass is 786 g/mol. The molecule has 294 valence electrons. The van der Waals surface area contributed by atoms with Gasteiger partial charge in [-0.3, -0.25) is 0 Å². The number of allylic oxidation sites excluding steroid dienone is 4. The highest BCUT2D eigenvalue weighted by molar-refractivity contribution is 6.72. The average molecular weight is 787 g/mol. The molecule has 0 N–H and O–H groups in total. The van der Waals surface area contributed by atoms with Crippen LogP contribution in [0.15, 0.2) is 48.6 Å². The molecule has 5 aliphatic rings. The molecule has 2 aromatic rings. The van der Waals surface area contributed by atoms with Crippen molar-refractivity contribution in [1.82, 2.24) is 0 Å². The summed E-state index contributed by atoms with van der Waals surface area (Å²) in [6.07, 6.45) is 20.6. The van der Waals surface area contributed by atoms with Crippen LogP contribution in [0.25, 0.3) is 12.2 Å². The number of fused-ring (bicyclic) bond motifs is 4. The van der Waals surface area contributed by atoms with Crippen LogP contribution < -0.4 is 0 Å². The summed E-state index contributed by atoms with van der Waals surface area (Å²) >= 11 is 0. The number of rotatable bonds is 14. The molecule has 0 radical (unpaired) electrons. The fraction of sp³-hybridized carbons (Fsp3) is 0.558. The van der Waals surface area contributed by atoms with E-state index in [2.05, 4.69) is 44.3 Å². The molecule has 1 aliphatic heterocycles. The van der Waals surface area contributed by atoms with Crippen molar-refractivity contribution in [1.29, 1.82) is 0 Å². The van der Waals surface area contributed by atoms with E-state index in [0.717, 1.165) is 56.1 Å². The molecular weight excluding hydrogens is 732 g/mol. The molecule has 4 bridgehead atoms. The molecule has 2 aromatic carbocycles. The van der Waals surface area contributed by atoms with Crippen LogP contribution in [0.2, 0.25) is 38.3 Å². The number of hydrogen-bond donors (Lipinski definition) is 0. The number of hydrogen-bond acceptors (Lipinski definition) is 4. The summed E-state index contributed by atoms with van der Waals surface area (Å²) in [6, 6.07) is 8.25. The maximum atomic E-state index is 13.8. The van der Waals surface area contributed by atoms with Crippen molar-refractivity contribution in [2.75, 3.05) is 19.8 Å². The van der Waals surface area contributed by atoms with E-state index in [0.29, 0.717) is 34.3 Å². The van der Waals surface area contributed by atoms with Crippen LogP contribution in [0.1, 0.15) is 73.4 Å². The third-order valence-electron chi connectivity index (χ3n) is 12.6. The van der Waals surface area contributed by atoms with E-state index in [9.17, 15) is 26.7 Å². The quantitative estimate of drug-likeness (QED) is 0.0478. The predicted octanol–water partition coefficient (Wildman–Crippen LogP) is 11.8. The lowest BCUT2D eigenvalue weighted by Crippen LogP contribution is -2.48. The summed E-state index contributed by atoms with van der Waals surface area (Å²) in [5.41, 5.74) is 0.0659. The SMILES string of the molecule is CCC1(CO[Si](C)(C)CCC2CC3C=CC2C3)COC1.C[Si](C)(CCC1CC2C=CC1C2)OC(=O)c1ccc(/C=C/c2c(F)c(F)c(F)c(F)c2F)cc1. The van der Waals surface area contributed by atoms with Gasteiger partial charge in [0.15, 0.2) is 31.6 Å². The van der Waals surface area contributed by atoms with Crippen LogP contribution in [0.4, 0.5) is 22.0 Å². The van der Waals surface area contributed by atoms with Gasteiger partial charge in [-0.25, -0.2) is 26.7 Å². The normalized spacial score (nSPS) is 26.3. The highest BCUT2D eigenvalue weighted by atomic mass is 28.4. The van der Waals surface area contributed by atoms with Crippen molar-refractivity contribution in [3.05, 3.63) is 94.3 Å². The first-order chi connectivity index (χ1) is 25.6. The van der Waals surface area contributed by atoms with Crippen molar-refractivity contribution >= 4 is 34.8 Å². The van der Waals surface area contributed by atoms with Gasteiger partial charge in [0.2, 0.25) is 14.1 Å². The third-order valence-corrected chi connectivity index (χ3v) is 17.3. The van der Waals surface area contributed by atoms with Crippen LogP contribution in [0, 0.1) is 70.0 Å². The van der Waals surface area contributed by atoms with Crippen molar-refractivity contribution in [3.8, 4) is 0 Å². The Morgan fingerprint density at radius 2 is 1.26 bits per heavy atom. The second-order valence-electron chi connectivity index (χ2n) is 17.6. The summed E-state index contributed by atoms with van der Waals surface area (Å²) in [5.74, 6) is -5.63. The molecule has 0 amide bonds. The maximum absolute atomic E-state index is 13.8. The number of carbonyl (C=O) groups excluding carboxylic acids is 1. The molecule has 0 aromatic heterocycles. The first kappa shape index (κ1) is 40.8. The van der Waals surface area contributed by atoms with Gasteiger partial charge in [0.05, 0.1) is 24.3 Å². The van der Waals surface area contributed by atoms with E-state index < -0.39 is 57.3 Å². The summed E-state index contributed by atoms with van der Waals surface area (Å²) in [6.45, 7) is 13.9. The second-order valence-corrected chi connectivity index (χ2v) is 26.2. The van der Waals surface area contributed by atoms with Gasteiger partial charge in [-0.05, 0) is 136 Å². The molecule has 11 heteroatoms. The molecule has 7 rings (SSSR count). The Morgan fingerprint density at radius 3 is 1.70 bits per heavy atom. The van der Waals surface area contributed by atoms with E-state index in [1.165, 1.54) is 74.9 Å². The van der Waals surface area contributed by atoms with E-state index in [-0.39, 0.29) is 0 Å². The zero-order valence-electron chi connectivity index (χ0n) is 32.2. The second kappa shape index (κ2) is 16.7. The summed E-state index contributed by atoms with van der Waals surface area (Å²) in [5, 5.41) is 0. The van der Waals surface area contributed by atoms with E-state index in [1.54, 1.807) is 0 Å². The number of halogens is 5. The van der Waals surface area contributed by atoms with E-state index in [4.69, 9.17) is 13.6 Å². The predicted molar refractivity (Wildman–Crippen MR) is 208 cm³/mol. The summed E-state index contributed by atoms with van der Waals surface area (Å²) in [4.78, 5) is 12.6. The smallest absolute Gasteiger partial charge is 0.324 e. The standard InChI is InChI=1S/C26H25F5O2Si.C17H30O2Si/c1-34(2,12-11-19-14-16-5-9-18(19)13-16)33-26(32)17-7-3-15(4-8-17)6-10-20-21(27)23(29)25(31)24(30)22(20)28;1-4-17(11-18-12-17)13-19-20(2,3)8-7-16-10-14-5-6-15(16)9-14/h3-10,16,18-19H,11-14H2,1-2H3;5-6,14-16H,4,7-13H2,1-3H3/b10-6+;. The van der Waals surface area contributed by atoms with Gasteiger partial charge in [0, 0.05) is 12.0 Å². The Labute approximate surface area is 319 Å². The molecule has 1 saturated heterocycles. The van der Waals surface area contributed by atoms with Gasteiger partial charge in [0.25, 0.3) is 0 Å². The molecular formula is C43H55F5O4Si2. The van der Waals surface area contributed by atoms with Gasteiger partial charge < -0.3 is 13.6 Å². The number of carbonyl (C=O) groups is 1. The fourth-order valence-electron chi connectivity index (χ4n) is 8.76. The Morgan fingerprint density at radius 1 is 0.741 bits per heavy atom. The van der Waals surface area contributed by atoms with Gasteiger partial charge >= 0.3 is 5.97 Å². The highest BCUT2D eigenvalue weighted by Crippen LogP contribution is 2.47. The molecule has 4 nitrogen and oxygen atoms in total. The van der Waals surface area contributed by atoms with Crippen LogP contribution in [-0.4, -0.2) is 42.4 Å². The molecule has 3 fully saturated rings. The van der Waals surface area contributed by atoms with Gasteiger partial charge in [0.1, 0.15) is 0 Å². The lowest BCUT2D eigenvalue weighted by molar-refractivity contribution is -0.135. The number of benzene rings is 2. The van der Waals surface area contributed by atoms with Crippen molar-refractivity contribution in [2.45, 2.75) is 90.1 Å². The summed E-state index contributed by atoms with van der Waals surface area (Å²) < 4.78 is 85.1.